The summed E-state index contributed by atoms with van der Waals surface area (Å²) < 4.78 is -0.0535. The maximum Gasteiger partial charge on any atom is 0.306 e. The van der Waals surface area contributed by atoms with Crippen molar-refractivity contribution in [3.63, 3.8) is 0 Å². The third-order valence-electron chi connectivity index (χ3n) is 7.49. The molecule has 3 aromatic rings. The average molecular weight is 480 g/mol. The number of allylic oxidation sites excluding steroid dienone is 2. The second-order valence-corrected chi connectivity index (χ2v) is 9.72. The Morgan fingerprint density at radius 1 is 1.08 bits per heavy atom. The van der Waals surface area contributed by atoms with E-state index in [1.54, 1.807) is 18.6 Å². The molecule has 180 valence electrons. The minimum atomic E-state index is -0.711. The number of fused-ring (bicyclic) bond motifs is 2. The van der Waals surface area contributed by atoms with E-state index in [2.05, 4.69) is 29.0 Å². The molecule has 8 heteroatoms. The molecule has 1 aliphatic carbocycles. The van der Waals surface area contributed by atoms with Crippen LogP contribution < -0.4 is 5.84 Å². The van der Waals surface area contributed by atoms with E-state index in [0.29, 0.717) is 18.7 Å². The normalized spacial score (nSPS) is 25.2. The van der Waals surface area contributed by atoms with Crippen molar-refractivity contribution in [1.29, 1.82) is 0 Å². The van der Waals surface area contributed by atoms with Gasteiger partial charge in [0, 0.05) is 17.5 Å². The number of carbonyl (C=O) groups is 1. The average Bonchev–Trinajstić information content (AvgIpc) is 3.22. The van der Waals surface area contributed by atoms with Crippen LogP contribution in [0, 0.1) is 18.8 Å². The number of hydrogen-bond acceptors (Lipinski definition) is 6. The summed E-state index contributed by atoms with van der Waals surface area (Å²) in [5.41, 5.74) is 6.27. The zero-order chi connectivity index (χ0) is 24.9. The van der Waals surface area contributed by atoms with E-state index in [1.807, 2.05) is 36.5 Å². The quantitative estimate of drug-likeness (QED) is 0.415. The molecular formula is C28H27N6O2+. The maximum absolute atomic E-state index is 11.4. The van der Waals surface area contributed by atoms with E-state index in [4.69, 9.17) is 15.8 Å². The van der Waals surface area contributed by atoms with E-state index >= 15 is 0 Å². The molecular weight excluding hydrogens is 452 g/mol. The van der Waals surface area contributed by atoms with Crippen LogP contribution in [0.3, 0.4) is 0 Å². The van der Waals surface area contributed by atoms with E-state index in [1.165, 1.54) is 0 Å². The van der Waals surface area contributed by atoms with Gasteiger partial charge in [-0.25, -0.2) is 4.98 Å². The number of rotatable bonds is 4. The van der Waals surface area contributed by atoms with Crippen LogP contribution in [-0.4, -0.2) is 37.7 Å². The number of nitrogens with two attached hydrogens (primary N) is 1. The number of benzene rings is 1. The van der Waals surface area contributed by atoms with Crippen molar-refractivity contribution in [2.24, 2.45) is 27.7 Å². The van der Waals surface area contributed by atoms with Crippen LogP contribution in [0.2, 0.25) is 0 Å². The minimum Gasteiger partial charge on any atom is -0.481 e. The zero-order valence-corrected chi connectivity index (χ0v) is 20.0. The van der Waals surface area contributed by atoms with Crippen LogP contribution in [0.1, 0.15) is 36.8 Å². The molecule has 1 unspecified atom stereocenters. The van der Waals surface area contributed by atoms with Crippen molar-refractivity contribution >= 4 is 28.9 Å². The molecule has 36 heavy (non-hydrogen) atoms. The lowest BCUT2D eigenvalue weighted by Gasteiger charge is -2.28. The van der Waals surface area contributed by atoms with Gasteiger partial charge in [-0.15, -0.1) is 4.59 Å². The number of aliphatic imine (C=N–C) groups is 2. The summed E-state index contributed by atoms with van der Waals surface area (Å²) in [5, 5.41) is 10.5. The molecule has 2 aliphatic heterocycles. The van der Waals surface area contributed by atoms with Crippen molar-refractivity contribution in [2.45, 2.75) is 32.6 Å². The smallest absolute Gasteiger partial charge is 0.306 e. The van der Waals surface area contributed by atoms with Crippen molar-refractivity contribution in [3.8, 4) is 11.4 Å². The van der Waals surface area contributed by atoms with Crippen LogP contribution in [-0.2, 0) is 4.79 Å². The standard InChI is InChI=1S/C28H26N6O2/c1-17-14-24(22-4-2-3-11-31-22)32-23-15-20(9-10-21(17)23)27-33-26(25-16-30-12-13-34(25,27)29)18-5-7-19(8-6-18)28(35)36/h2-4,9-16,18-19H,5-8,29H2,1H3/p+1. The summed E-state index contributed by atoms with van der Waals surface area (Å²) in [6.07, 6.45) is 9.95. The number of quaternary nitrogens is 1. The van der Waals surface area contributed by atoms with Crippen LogP contribution in [0.5, 0.6) is 0 Å². The van der Waals surface area contributed by atoms with E-state index in [-0.39, 0.29) is 16.4 Å². The van der Waals surface area contributed by atoms with Gasteiger partial charge in [-0.05, 0) is 68.5 Å². The Labute approximate surface area is 208 Å². The molecule has 2 aromatic heterocycles. The van der Waals surface area contributed by atoms with E-state index in [9.17, 15) is 9.90 Å². The van der Waals surface area contributed by atoms with Gasteiger partial charge in [-0.3, -0.25) is 14.8 Å². The molecule has 3 N–H and O–H groups in total. The molecule has 1 atom stereocenters. The number of nitrogens with zero attached hydrogens (tertiary/aromatic N) is 5. The molecule has 1 saturated carbocycles. The Bertz CT molecular complexity index is 1500. The highest BCUT2D eigenvalue weighted by Gasteiger charge is 2.46. The number of hydrogen-bond donors (Lipinski definition) is 2. The number of carboxylic acids is 1. The maximum atomic E-state index is 11.4. The summed E-state index contributed by atoms with van der Waals surface area (Å²) in [7, 11) is 0. The fourth-order valence-corrected chi connectivity index (χ4v) is 5.51. The summed E-state index contributed by atoms with van der Waals surface area (Å²) in [4.78, 5) is 30.3. The van der Waals surface area contributed by atoms with Gasteiger partial charge in [0.1, 0.15) is 11.9 Å². The largest absolute Gasteiger partial charge is 0.481 e. The molecule has 0 amide bonds. The van der Waals surface area contributed by atoms with Crippen LogP contribution in [0.25, 0.3) is 22.3 Å². The molecule has 1 fully saturated rings. The highest BCUT2D eigenvalue weighted by atomic mass is 16.4. The van der Waals surface area contributed by atoms with Gasteiger partial charge in [0.05, 0.1) is 40.8 Å². The second-order valence-electron chi connectivity index (χ2n) is 9.72. The van der Waals surface area contributed by atoms with Crippen molar-refractivity contribution in [2.75, 3.05) is 0 Å². The van der Waals surface area contributed by atoms with Crippen molar-refractivity contribution < 1.29 is 14.5 Å². The lowest BCUT2D eigenvalue weighted by molar-refractivity contribution is -0.750. The molecule has 0 spiro atoms. The van der Waals surface area contributed by atoms with Crippen LogP contribution >= 0.6 is 0 Å². The SMILES string of the molecule is Cc1cc(-c2ccccn2)nc2cc(C3=NC(C4CCC(C(=O)O)CC4)=C4C=NC=C[N+]34N)ccc12. The van der Waals surface area contributed by atoms with Gasteiger partial charge in [0.25, 0.3) is 5.84 Å². The fraction of sp³-hybridized carbons (Fsp3) is 0.250. The van der Waals surface area contributed by atoms with Gasteiger partial charge in [-0.1, -0.05) is 12.1 Å². The first kappa shape index (κ1) is 22.5. The summed E-state index contributed by atoms with van der Waals surface area (Å²) in [6.45, 7) is 2.08. The van der Waals surface area contributed by atoms with E-state index < -0.39 is 5.97 Å². The number of pyridine rings is 2. The Morgan fingerprint density at radius 3 is 2.67 bits per heavy atom. The van der Waals surface area contributed by atoms with Crippen LogP contribution in [0.15, 0.2) is 82.4 Å². The third-order valence-corrected chi connectivity index (χ3v) is 7.49. The second kappa shape index (κ2) is 8.58. The predicted molar refractivity (Wildman–Crippen MR) is 138 cm³/mol. The Morgan fingerprint density at radius 2 is 1.92 bits per heavy atom. The Balaban J connectivity index is 1.41. The molecule has 0 saturated heterocycles. The molecule has 4 heterocycles. The first-order valence-electron chi connectivity index (χ1n) is 12.2. The highest BCUT2D eigenvalue weighted by Crippen LogP contribution is 2.41. The van der Waals surface area contributed by atoms with Crippen molar-refractivity contribution in [1.82, 2.24) is 9.97 Å². The highest BCUT2D eigenvalue weighted by molar-refractivity contribution is 6.03. The molecule has 1 aromatic carbocycles. The fourth-order valence-electron chi connectivity index (χ4n) is 5.51. The van der Waals surface area contributed by atoms with Gasteiger partial charge in [0.2, 0.25) is 5.70 Å². The minimum absolute atomic E-state index is 0.0535. The predicted octanol–water partition coefficient (Wildman–Crippen LogP) is 4.71. The van der Waals surface area contributed by atoms with Gasteiger partial charge in [-0.2, -0.15) is 10.8 Å². The lowest BCUT2D eigenvalue weighted by atomic mass is 9.80. The Hall–Kier alpha value is -4.01. The van der Waals surface area contributed by atoms with E-state index in [0.717, 1.165) is 57.7 Å². The first-order valence-corrected chi connectivity index (χ1v) is 12.2. The third kappa shape index (κ3) is 3.66. The summed E-state index contributed by atoms with van der Waals surface area (Å²) >= 11 is 0. The monoisotopic (exact) mass is 479 g/mol. The summed E-state index contributed by atoms with van der Waals surface area (Å²) in [6, 6.07) is 14.0. The first-order chi connectivity index (χ1) is 17.4. The molecule has 6 rings (SSSR count). The topological polar surface area (TPSA) is 114 Å². The van der Waals surface area contributed by atoms with Gasteiger partial charge >= 0.3 is 5.97 Å². The molecule has 8 nitrogen and oxygen atoms in total. The van der Waals surface area contributed by atoms with Gasteiger partial charge in [0.15, 0.2) is 0 Å². The number of amidine groups is 1. The number of carboxylic acid groups (broad SMARTS) is 1. The van der Waals surface area contributed by atoms with Gasteiger partial charge < -0.3 is 5.11 Å². The number of aryl methyl sites for hydroxylation is 1. The van der Waals surface area contributed by atoms with Crippen LogP contribution in [0.4, 0.5) is 0 Å². The zero-order valence-electron chi connectivity index (χ0n) is 20.0. The lowest BCUT2D eigenvalue weighted by Crippen LogP contribution is -2.53. The number of aromatic nitrogens is 2. The molecule has 0 bridgehead atoms. The summed E-state index contributed by atoms with van der Waals surface area (Å²) in [5.74, 6) is 6.83. The Kier molecular flexibility index (Phi) is 5.35. The van der Waals surface area contributed by atoms with Crippen molar-refractivity contribution in [3.05, 3.63) is 83.6 Å². The molecule has 0 radical (unpaired) electrons. The molecule has 3 aliphatic rings. The number of aliphatic carboxylic acids is 1.